The molecule has 1 aliphatic rings. The topological polar surface area (TPSA) is 0 Å². The monoisotopic (exact) mass is 208 g/mol. The van der Waals surface area contributed by atoms with Crippen molar-refractivity contribution in [1.29, 1.82) is 0 Å². The maximum Gasteiger partial charge on any atom is -0.0139 e. The molecular formula is C15H28. The molecule has 0 spiro atoms. The van der Waals surface area contributed by atoms with Gasteiger partial charge < -0.3 is 0 Å². The highest BCUT2D eigenvalue weighted by Crippen LogP contribution is 2.48. The van der Waals surface area contributed by atoms with Crippen LogP contribution in [-0.4, -0.2) is 0 Å². The van der Waals surface area contributed by atoms with E-state index < -0.39 is 0 Å². The molecule has 0 aromatic rings. The van der Waals surface area contributed by atoms with Crippen LogP contribution in [0.1, 0.15) is 67.2 Å². The van der Waals surface area contributed by atoms with E-state index in [1.54, 1.807) is 5.57 Å². The fourth-order valence-electron chi connectivity index (χ4n) is 2.88. The van der Waals surface area contributed by atoms with Gasteiger partial charge >= 0.3 is 0 Å². The first kappa shape index (κ1) is 12.8. The quantitative estimate of drug-likeness (QED) is 0.559. The number of hydrogen-bond acceptors (Lipinski definition) is 0. The molecule has 0 amide bonds. The molecule has 0 bridgehead atoms. The van der Waals surface area contributed by atoms with Gasteiger partial charge in [-0.25, -0.2) is 0 Å². The van der Waals surface area contributed by atoms with Gasteiger partial charge in [-0.05, 0) is 42.4 Å². The first-order valence-electron chi connectivity index (χ1n) is 6.56. The number of hydrogen-bond donors (Lipinski definition) is 0. The van der Waals surface area contributed by atoms with Gasteiger partial charge in [0.15, 0.2) is 0 Å². The first-order valence-corrected chi connectivity index (χ1v) is 6.56. The molecule has 0 saturated carbocycles. The van der Waals surface area contributed by atoms with E-state index in [0.29, 0.717) is 10.8 Å². The summed E-state index contributed by atoms with van der Waals surface area (Å²) in [5, 5.41) is 0. The first-order chi connectivity index (χ1) is 6.83. The molecule has 0 heteroatoms. The van der Waals surface area contributed by atoms with Gasteiger partial charge in [-0.3, -0.25) is 0 Å². The van der Waals surface area contributed by atoms with Crippen LogP contribution in [0.3, 0.4) is 0 Å². The van der Waals surface area contributed by atoms with Crippen LogP contribution in [0.2, 0.25) is 0 Å². The molecule has 1 unspecified atom stereocenters. The van der Waals surface area contributed by atoms with Gasteiger partial charge in [0.1, 0.15) is 0 Å². The molecule has 15 heavy (non-hydrogen) atoms. The lowest BCUT2D eigenvalue weighted by Crippen LogP contribution is -2.31. The van der Waals surface area contributed by atoms with E-state index in [4.69, 9.17) is 0 Å². The summed E-state index contributed by atoms with van der Waals surface area (Å²) in [6.07, 6.45) is 7.89. The normalized spacial score (nSPS) is 26.3. The molecular weight excluding hydrogens is 180 g/mol. The Bertz CT molecular complexity index is 243. The summed E-state index contributed by atoms with van der Waals surface area (Å²) < 4.78 is 0. The van der Waals surface area contributed by atoms with E-state index in [-0.39, 0.29) is 0 Å². The Balaban J connectivity index is 3.03. The summed E-state index contributed by atoms with van der Waals surface area (Å²) in [7, 11) is 0. The average molecular weight is 208 g/mol. The maximum absolute atomic E-state index is 2.59. The summed E-state index contributed by atoms with van der Waals surface area (Å²) >= 11 is 0. The van der Waals surface area contributed by atoms with Gasteiger partial charge in [-0.2, -0.15) is 0 Å². The van der Waals surface area contributed by atoms with Crippen LogP contribution in [0.15, 0.2) is 11.6 Å². The van der Waals surface area contributed by atoms with Crippen LogP contribution in [-0.2, 0) is 0 Å². The Hall–Kier alpha value is -0.260. The summed E-state index contributed by atoms with van der Waals surface area (Å²) in [4.78, 5) is 0. The molecule has 0 radical (unpaired) electrons. The minimum absolute atomic E-state index is 0.386. The molecule has 0 aliphatic heterocycles. The largest absolute Gasteiger partial charge is 0.0811 e. The fraction of sp³-hybridized carbons (Fsp3) is 0.867. The van der Waals surface area contributed by atoms with Gasteiger partial charge in [0.2, 0.25) is 0 Å². The second kappa shape index (κ2) is 4.31. The van der Waals surface area contributed by atoms with Gasteiger partial charge in [0.05, 0.1) is 0 Å². The second-order valence-corrected chi connectivity index (χ2v) is 6.41. The predicted octanol–water partition coefficient (Wildman–Crippen LogP) is 5.20. The van der Waals surface area contributed by atoms with Crippen molar-refractivity contribution in [2.75, 3.05) is 0 Å². The fourth-order valence-corrected chi connectivity index (χ4v) is 2.88. The predicted molar refractivity (Wildman–Crippen MR) is 69.0 cm³/mol. The lowest BCUT2D eigenvalue weighted by Gasteiger charge is -2.43. The molecule has 0 N–H and O–H groups in total. The van der Waals surface area contributed by atoms with Crippen molar-refractivity contribution in [1.82, 2.24) is 0 Å². The lowest BCUT2D eigenvalue weighted by molar-refractivity contribution is 0.250. The Kier molecular flexibility index (Phi) is 3.68. The standard InChI is InChI=1S/C15H28/c1-7-12-9-10-15(5,6)13(11-12)14(3,4)8-2/h11-12H,7-10H2,1-6H3. The van der Waals surface area contributed by atoms with E-state index in [1.165, 1.54) is 25.7 Å². The van der Waals surface area contributed by atoms with E-state index in [0.717, 1.165) is 5.92 Å². The Morgan fingerprint density at radius 3 is 2.40 bits per heavy atom. The number of allylic oxidation sites excluding steroid dienone is 2. The average Bonchev–Trinajstić information content (AvgIpc) is 2.17. The van der Waals surface area contributed by atoms with Crippen molar-refractivity contribution in [2.45, 2.75) is 67.2 Å². The highest BCUT2D eigenvalue weighted by molar-refractivity contribution is 5.23. The summed E-state index contributed by atoms with van der Waals surface area (Å²) in [6, 6.07) is 0. The third kappa shape index (κ3) is 2.65. The van der Waals surface area contributed by atoms with Crippen LogP contribution in [0, 0.1) is 16.7 Å². The minimum atomic E-state index is 0.386. The molecule has 0 aromatic heterocycles. The molecule has 0 fully saturated rings. The molecule has 0 aromatic carbocycles. The van der Waals surface area contributed by atoms with Crippen molar-refractivity contribution in [3.63, 3.8) is 0 Å². The van der Waals surface area contributed by atoms with Crippen LogP contribution < -0.4 is 0 Å². The maximum atomic E-state index is 2.59. The lowest BCUT2D eigenvalue weighted by atomic mass is 9.62. The van der Waals surface area contributed by atoms with Gasteiger partial charge in [-0.15, -0.1) is 0 Å². The zero-order chi connectivity index (χ0) is 11.7. The highest BCUT2D eigenvalue weighted by atomic mass is 14.4. The Labute approximate surface area is 96.2 Å². The van der Waals surface area contributed by atoms with E-state index in [2.05, 4.69) is 47.6 Å². The van der Waals surface area contributed by atoms with Crippen molar-refractivity contribution < 1.29 is 0 Å². The highest BCUT2D eigenvalue weighted by Gasteiger charge is 2.36. The smallest absolute Gasteiger partial charge is 0.0139 e. The summed E-state index contributed by atoms with van der Waals surface area (Å²) in [5.74, 6) is 0.832. The van der Waals surface area contributed by atoms with E-state index in [1.807, 2.05) is 0 Å². The van der Waals surface area contributed by atoms with Gasteiger partial charge in [-0.1, -0.05) is 53.2 Å². The van der Waals surface area contributed by atoms with Crippen LogP contribution >= 0.6 is 0 Å². The van der Waals surface area contributed by atoms with Crippen molar-refractivity contribution in [2.24, 2.45) is 16.7 Å². The van der Waals surface area contributed by atoms with Crippen molar-refractivity contribution >= 4 is 0 Å². The summed E-state index contributed by atoms with van der Waals surface area (Å²) in [5.41, 5.74) is 2.51. The molecule has 0 heterocycles. The molecule has 1 atom stereocenters. The zero-order valence-electron chi connectivity index (χ0n) is 11.5. The van der Waals surface area contributed by atoms with Crippen molar-refractivity contribution in [3.05, 3.63) is 11.6 Å². The third-order valence-electron chi connectivity index (χ3n) is 4.41. The van der Waals surface area contributed by atoms with E-state index >= 15 is 0 Å². The molecule has 1 aliphatic carbocycles. The Morgan fingerprint density at radius 2 is 1.93 bits per heavy atom. The summed E-state index contributed by atoms with van der Waals surface area (Å²) in [6.45, 7) is 14.3. The minimum Gasteiger partial charge on any atom is -0.0811 e. The van der Waals surface area contributed by atoms with E-state index in [9.17, 15) is 0 Å². The zero-order valence-corrected chi connectivity index (χ0v) is 11.5. The molecule has 1 rings (SSSR count). The van der Waals surface area contributed by atoms with Crippen LogP contribution in [0.4, 0.5) is 0 Å². The van der Waals surface area contributed by atoms with Crippen LogP contribution in [0.25, 0.3) is 0 Å². The van der Waals surface area contributed by atoms with Crippen LogP contribution in [0.5, 0.6) is 0 Å². The van der Waals surface area contributed by atoms with Gasteiger partial charge in [0.25, 0.3) is 0 Å². The third-order valence-corrected chi connectivity index (χ3v) is 4.41. The molecule has 0 nitrogen and oxygen atoms in total. The van der Waals surface area contributed by atoms with Crippen molar-refractivity contribution in [3.8, 4) is 0 Å². The second-order valence-electron chi connectivity index (χ2n) is 6.41. The molecule has 88 valence electrons. The number of rotatable bonds is 3. The SMILES string of the molecule is CCC1C=C(C(C)(C)CC)C(C)(C)CC1. The van der Waals surface area contributed by atoms with Gasteiger partial charge in [0, 0.05) is 0 Å². The molecule has 0 saturated heterocycles. The Morgan fingerprint density at radius 1 is 1.33 bits per heavy atom.